The van der Waals surface area contributed by atoms with Gasteiger partial charge in [-0.1, -0.05) is 31.5 Å². The Bertz CT molecular complexity index is 658. The van der Waals surface area contributed by atoms with Crippen molar-refractivity contribution in [3.8, 4) is 0 Å². The van der Waals surface area contributed by atoms with E-state index in [4.69, 9.17) is 4.74 Å². The second kappa shape index (κ2) is 5.69. The Morgan fingerprint density at radius 1 is 1.26 bits per heavy atom. The SMILES string of the molecule is CCCCOC(=O)c1cn(C)c(=O)c2ccccc12. The Balaban J connectivity index is 2.46. The van der Waals surface area contributed by atoms with Crippen molar-refractivity contribution in [1.29, 1.82) is 0 Å². The molecule has 4 heteroatoms. The summed E-state index contributed by atoms with van der Waals surface area (Å²) in [6.07, 6.45) is 3.36. The second-order valence-corrected chi connectivity index (χ2v) is 4.49. The highest BCUT2D eigenvalue weighted by Crippen LogP contribution is 2.16. The number of ether oxygens (including phenoxy) is 1. The van der Waals surface area contributed by atoms with Gasteiger partial charge in [0.25, 0.3) is 5.56 Å². The number of carbonyl (C=O) groups is 1. The van der Waals surface area contributed by atoms with Crippen LogP contribution in [0.5, 0.6) is 0 Å². The van der Waals surface area contributed by atoms with Crippen molar-refractivity contribution >= 4 is 16.7 Å². The summed E-state index contributed by atoms with van der Waals surface area (Å²) in [7, 11) is 1.64. The van der Waals surface area contributed by atoms with Gasteiger partial charge < -0.3 is 9.30 Å². The van der Waals surface area contributed by atoms with Gasteiger partial charge in [0, 0.05) is 24.0 Å². The molecular formula is C15H17NO3. The molecule has 0 bridgehead atoms. The fraction of sp³-hybridized carbons (Fsp3) is 0.333. The van der Waals surface area contributed by atoms with Crippen LogP contribution in [0.2, 0.25) is 0 Å². The number of hydrogen-bond donors (Lipinski definition) is 0. The minimum absolute atomic E-state index is 0.110. The van der Waals surface area contributed by atoms with Gasteiger partial charge in [0.05, 0.1) is 12.2 Å². The van der Waals surface area contributed by atoms with Gasteiger partial charge in [-0.25, -0.2) is 4.79 Å². The van der Waals surface area contributed by atoms with Gasteiger partial charge in [-0.2, -0.15) is 0 Å². The largest absolute Gasteiger partial charge is 0.462 e. The molecule has 1 heterocycles. The zero-order chi connectivity index (χ0) is 13.8. The molecule has 0 spiro atoms. The summed E-state index contributed by atoms with van der Waals surface area (Å²) in [5.74, 6) is -0.375. The maximum absolute atomic E-state index is 12.1. The Morgan fingerprint density at radius 3 is 2.63 bits per heavy atom. The Morgan fingerprint density at radius 2 is 1.95 bits per heavy atom. The molecule has 100 valence electrons. The van der Waals surface area contributed by atoms with Crippen molar-refractivity contribution in [2.75, 3.05) is 6.61 Å². The number of pyridine rings is 1. The van der Waals surface area contributed by atoms with Crippen molar-refractivity contribution in [2.45, 2.75) is 19.8 Å². The molecule has 0 aliphatic heterocycles. The Hall–Kier alpha value is -2.10. The Kier molecular flexibility index (Phi) is 4.00. The van der Waals surface area contributed by atoms with Gasteiger partial charge in [-0.15, -0.1) is 0 Å². The maximum Gasteiger partial charge on any atom is 0.340 e. The number of benzene rings is 1. The summed E-state index contributed by atoms with van der Waals surface area (Å²) in [5.41, 5.74) is 0.328. The fourth-order valence-electron chi connectivity index (χ4n) is 1.97. The van der Waals surface area contributed by atoms with Crippen LogP contribution in [-0.2, 0) is 11.8 Å². The highest BCUT2D eigenvalue weighted by Gasteiger charge is 2.14. The number of fused-ring (bicyclic) bond motifs is 1. The van der Waals surface area contributed by atoms with E-state index in [9.17, 15) is 9.59 Å². The third-order valence-corrected chi connectivity index (χ3v) is 3.04. The van der Waals surface area contributed by atoms with Gasteiger partial charge in [-0.05, 0) is 12.5 Å². The molecule has 1 aromatic carbocycles. The monoisotopic (exact) mass is 259 g/mol. The topological polar surface area (TPSA) is 48.3 Å². The zero-order valence-corrected chi connectivity index (χ0v) is 11.2. The van der Waals surface area contributed by atoms with E-state index < -0.39 is 0 Å². The van der Waals surface area contributed by atoms with Crippen LogP contribution in [0, 0.1) is 0 Å². The average Bonchev–Trinajstić information content (AvgIpc) is 2.43. The standard InChI is InChI=1S/C15H17NO3/c1-3-4-9-19-15(18)13-10-16(2)14(17)12-8-6-5-7-11(12)13/h5-8,10H,3-4,9H2,1-2H3. The average molecular weight is 259 g/mol. The number of rotatable bonds is 4. The van der Waals surface area contributed by atoms with Crippen LogP contribution in [-0.4, -0.2) is 17.1 Å². The molecule has 0 N–H and O–H groups in total. The fourth-order valence-corrected chi connectivity index (χ4v) is 1.97. The molecule has 0 saturated carbocycles. The van der Waals surface area contributed by atoms with Crippen LogP contribution in [0.4, 0.5) is 0 Å². The first-order chi connectivity index (χ1) is 9.15. The van der Waals surface area contributed by atoms with Crippen molar-refractivity contribution in [3.05, 3.63) is 46.4 Å². The van der Waals surface area contributed by atoms with Crippen LogP contribution < -0.4 is 5.56 Å². The summed E-state index contributed by atoms with van der Waals surface area (Å²) >= 11 is 0. The first-order valence-electron chi connectivity index (χ1n) is 6.40. The van der Waals surface area contributed by atoms with E-state index in [1.165, 1.54) is 4.57 Å². The number of hydrogen-bond acceptors (Lipinski definition) is 3. The molecule has 1 aromatic heterocycles. The van der Waals surface area contributed by atoms with E-state index in [1.807, 2.05) is 13.0 Å². The van der Waals surface area contributed by atoms with Crippen molar-refractivity contribution in [1.82, 2.24) is 4.57 Å². The van der Waals surface area contributed by atoms with Gasteiger partial charge >= 0.3 is 5.97 Å². The van der Waals surface area contributed by atoms with E-state index in [0.29, 0.717) is 22.9 Å². The van der Waals surface area contributed by atoms with Gasteiger partial charge in [0.2, 0.25) is 0 Å². The lowest BCUT2D eigenvalue weighted by Crippen LogP contribution is -2.19. The predicted molar refractivity (Wildman–Crippen MR) is 74.4 cm³/mol. The molecule has 0 unspecified atom stereocenters. The van der Waals surface area contributed by atoms with Crippen molar-refractivity contribution in [2.24, 2.45) is 7.05 Å². The zero-order valence-electron chi connectivity index (χ0n) is 11.2. The third-order valence-electron chi connectivity index (χ3n) is 3.04. The van der Waals surface area contributed by atoms with E-state index >= 15 is 0 Å². The number of esters is 1. The quantitative estimate of drug-likeness (QED) is 0.626. The summed E-state index contributed by atoms with van der Waals surface area (Å²) < 4.78 is 6.63. The minimum atomic E-state index is -0.375. The smallest absolute Gasteiger partial charge is 0.340 e. The van der Waals surface area contributed by atoms with Gasteiger partial charge in [0.15, 0.2) is 0 Å². The Labute approximate surface area is 111 Å². The van der Waals surface area contributed by atoms with Crippen molar-refractivity contribution < 1.29 is 9.53 Å². The molecule has 0 aliphatic carbocycles. The van der Waals surface area contributed by atoms with Crippen LogP contribution in [0.3, 0.4) is 0 Å². The number of unbranched alkanes of at least 4 members (excludes halogenated alkanes) is 1. The molecule has 0 atom stereocenters. The first-order valence-corrected chi connectivity index (χ1v) is 6.40. The molecule has 19 heavy (non-hydrogen) atoms. The third kappa shape index (κ3) is 2.67. The highest BCUT2D eigenvalue weighted by molar-refractivity contribution is 6.03. The van der Waals surface area contributed by atoms with Crippen LogP contribution >= 0.6 is 0 Å². The maximum atomic E-state index is 12.1. The van der Waals surface area contributed by atoms with Gasteiger partial charge in [-0.3, -0.25) is 4.79 Å². The highest BCUT2D eigenvalue weighted by atomic mass is 16.5. The molecule has 4 nitrogen and oxygen atoms in total. The lowest BCUT2D eigenvalue weighted by atomic mass is 10.1. The molecule has 0 radical (unpaired) electrons. The number of carbonyl (C=O) groups excluding carboxylic acids is 1. The summed E-state index contributed by atoms with van der Waals surface area (Å²) in [6, 6.07) is 7.09. The number of aromatic nitrogens is 1. The molecule has 2 aromatic rings. The predicted octanol–water partition coefficient (Wildman–Crippen LogP) is 2.50. The first kappa shape index (κ1) is 13.3. The minimum Gasteiger partial charge on any atom is -0.462 e. The molecular weight excluding hydrogens is 242 g/mol. The van der Waals surface area contributed by atoms with Crippen molar-refractivity contribution in [3.63, 3.8) is 0 Å². The number of nitrogens with zero attached hydrogens (tertiary/aromatic N) is 1. The summed E-state index contributed by atoms with van der Waals surface area (Å²) in [4.78, 5) is 24.0. The lowest BCUT2D eigenvalue weighted by Gasteiger charge is -2.09. The van der Waals surface area contributed by atoms with E-state index in [-0.39, 0.29) is 11.5 Å². The normalized spacial score (nSPS) is 10.6. The summed E-state index contributed by atoms with van der Waals surface area (Å²) in [5, 5.41) is 1.18. The van der Waals surface area contributed by atoms with Crippen LogP contribution in [0.1, 0.15) is 30.1 Å². The molecule has 2 rings (SSSR count). The second-order valence-electron chi connectivity index (χ2n) is 4.49. The number of aryl methyl sites for hydroxylation is 1. The summed E-state index contributed by atoms with van der Waals surface area (Å²) in [6.45, 7) is 2.45. The molecule has 0 amide bonds. The lowest BCUT2D eigenvalue weighted by molar-refractivity contribution is 0.0501. The molecule has 0 aliphatic rings. The van der Waals surface area contributed by atoms with E-state index in [1.54, 1.807) is 31.4 Å². The van der Waals surface area contributed by atoms with Crippen LogP contribution in [0.25, 0.3) is 10.8 Å². The van der Waals surface area contributed by atoms with E-state index in [2.05, 4.69) is 0 Å². The molecule has 0 fully saturated rings. The van der Waals surface area contributed by atoms with E-state index in [0.717, 1.165) is 12.8 Å². The van der Waals surface area contributed by atoms with Crippen LogP contribution in [0.15, 0.2) is 35.3 Å². The molecule has 0 saturated heterocycles. The van der Waals surface area contributed by atoms with Gasteiger partial charge in [0.1, 0.15) is 0 Å².